The van der Waals surface area contributed by atoms with Crippen molar-refractivity contribution in [3.05, 3.63) is 47.9 Å². The summed E-state index contributed by atoms with van der Waals surface area (Å²) in [5.41, 5.74) is 1.65. The van der Waals surface area contributed by atoms with E-state index in [1.54, 1.807) is 0 Å². The standard InChI is InChI=1S/C15H17N3O2/c1-11-10-14(20-17-11)13-8-5-9-18(13)15(19)16-12-6-3-2-4-7-12/h2-4,6-7,10,13H,5,8-9H2,1H3,(H,16,19). The molecule has 1 N–H and O–H groups in total. The molecular formula is C15H17N3O2. The Bertz CT molecular complexity index is 594. The average Bonchev–Trinajstić information content (AvgIpc) is 3.08. The molecular weight excluding hydrogens is 254 g/mol. The molecule has 0 radical (unpaired) electrons. The highest BCUT2D eigenvalue weighted by Crippen LogP contribution is 2.32. The number of urea groups is 1. The largest absolute Gasteiger partial charge is 0.359 e. The van der Waals surface area contributed by atoms with Crippen LogP contribution in [0.25, 0.3) is 0 Å². The highest BCUT2D eigenvalue weighted by Gasteiger charge is 2.32. The van der Waals surface area contributed by atoms with Gasteiger partial charge in [0.15, 0.2) is 5.76 Å². The number of likely N-dealkylation sites (tertiary alicyclic amines) is 1. The van der Waals surface area contributed by atoms with Crippen molar-refractivity contribution < 1.29 is 9.32 Å². The van der Waals surface area contributed by atoms with Gasteiger partial charge >= 0.3 is 6.03 Å². The normalized spacial score (nSPS) is 18.2. The van der Waals surface area contributed by atoms with Crippen LogP contribution in [-0.4, -0.2) is 22.6 Å². The van der Waals surface area contributed by atoms with Gasteiger partial charge in [-0.3, -0.25) is 0 Å². The molecule has 1 saturated heterocycles. The first-order valence-electron chi connectivity index (χ1n) is 6.80. The van der Waals surface area contributed by atoms with Gasteiger partial charge in [0.2, 0.25) is 0 Å². The van der Waals surface area contributed by atoms with E-state index >= 15 is 0 Å². The third-order valence-electron chi connectivity index (χ3n) is 3.51. The topological polar surface area (TPSA) is 58.4 Å². The number of nitrogens with one attached hydrogen (secondary N) is 1. The van der Waals surface area contributed by atoms with E-state index in [-0.39, 0.29) is 12.1 Å². The second-order valence-electron chi connectivity index (χ2n) is 5.02. The maximum Gasteiger partial charge on any atom is 0.322 e. The summed E-state index contributed by atoms with van der Waals surface area (Å²) in [7, 11) is 0. The van der Waals surface area contributed by atoms with Gasteiger partial charge in [0.25, 0.3) is 0 Å². The van der Waals surface area contributed by atoms with Gasteiger partial charge < -0.3 is 14.7 Å². The molecule has 1 aliphatic heterocycles. The zero-order valence-electron chi connectivity index (χ0n) is 11.4. The molecule has 1 aromatic heterocycles. The molecule has 1 fully saturated rings. The summed E-state index contributed by atoms with van der Waals surface area (Å²) in [5, 5.41) is 6.82. The molecule has 3 rings (SSSR count). The summed E-state index contributed by atoms with van der Waals surface area (Å²) < 4.78 is 5.31. The molecule has 0 bridgehead atoms. The van der Waals surface area contributed by atoms with Crippen molar-refractivity contribution in [2.24, 2.45) is 0 Å². The van der Waals surface area contributed by atoms with Crippen LogP contribution < -0.4 is 5.32 Å². The number of aryl methyl sites for hydroxylation is 1. The van der Waals surface area contributed by atoms with Crippen LogP contribution in [0.5, 0.6) is 0 Å². The number of anilines is 1. The van der Waals surface area contributed by atoms with Gasteiger partial charge in [-0.25, -0.2) is 4.79 Å². The minimum absolute atomic E-state index is 0.0140. The number of amides is 2. The van der Waals surface area contributed by atoms with Crippen molar-refractivity contribution in [2.75, 3.05) is 11.9 Å². The molecule has 1 aromatic carbocycles. The SMILES string of the molecule is Cc1cc(C2CCCN2C(=O)Nc2ccccc2)on1. The molecule has 2 heterocycles. The monoisotopic (exact) mass is 271 g/mol. The Morgan fingerprint density at radius 2 is 2.20 bits per heavy atom. The van der Waals surface area contributed by atoms with Crippen LogP contribution in [0.4, 0.5) is 10.5 Å². The number of rotatable bonds is 2. The molecule has 0 spiro atoms. The van der Waals surface area contributed by atoms with Crippen LogP contribution in [-0.2, 0) is 0 Å². The first-order chi connectivity index (χ1) is 9.74. The van der Waals surface area contributed by atoms with Gasteiger partial charge in [-0.2, -0.15) is 0 Å². The Kier molecular flexibility index (Phi) is 3.41. The minimum Gasteiger partial charge on any atom is -0.359 e. The molecule has 0 saturated carbocycles. The predicted octanol–water partition coefficient (Wildman–Crippen LogP) is 3.35. The molecule has 1 unspecified atom stereocenters. The smallest absolute Gasteiger partial charge is 0.322 e. The summed E-state index contributed by atoms with van der Waals surface area (Å²) in [4.78, 5) is 14.2. The van der Waals surface area contributed by atoms with E-state index in [4.69, 9.17) is 4.52 Å². The van der Waals surface area contributed by atoms with Crippen LogP contribution in [0.2, 0.25) is 0 Å². The van der Waals surface area contributed by atoms with Gasteiger partial charge in [-0.05, 0) is 31.9 Å². The van der Waals surface area contributed by atoms with Gasteiger partial charge in [-0.15, -0.1) is 0 Å². The van der Waals surface area contributed by atoms with Crippen LogP contribution >= 0.6 is 0 Å². The van der Waals surface area contributed by atoms with Crippen LogP contribution in [0, 0.1) is 6.92 Å². The summed E-state index contributed by atoms with van der Waals surface area (Å²) in [6.07, 6.45) is 1.89. The van der Waals surface area contributed by atoms with Gasteiger partial charge in [-0.1, -0.05) is 23.4 Å². The zero-order valence-corrected chi connectivity index (χ0v) is 11.4. The molecule has 2 aromatic rings. The van der Waals surface area contributed by atoms with Gasteiger partial charge in [0, 0.05) is 18.3 Å². The van der Waals surface area contributed by atoms with E-state index in [0.717, 1.165) is 36.5 Å². The molecule has 1 aliphatic rings. The Hall–Kier alpha value is -2.30. The van der Waals surface area contributed by atoms with E-state index in [0.29, 0.717) is 0 Å². The molecule has 104 valence electrons. The van der Waals surface area contributed by atoms with Crippen molar-refractivity contribution >= 4 is 11.7 Å². The fourth-order valence-corrected chi connectivity index (χ4v) is 2.56. The first kappa shape index (κ1) is 12.7. The summed E-state index contributed by atoms with van der Waals surface area (Å²) in [5.74, 6) is 0.767. The number of para-hydroxylation sites is 1. The Morgan fingerprint density at radius 3 is 2.90 bits per heavy atom. The van der Waals surface area contributed by atoms with Crippen molar-refractivity contribution in [3.63, 3.8) is 0 Å². The summed E-state index contributed by atoms with van der Waals surface area (Å²) in [6, 6.07) is 11.3. The molecule has 5 nitrogen and oxygen atoms in total. The first-order valence-corrected chi connectivity index (χ1v) is 6.80. The lowest BCUT2D eigenvalue weighted by Crippen LogP contribution is -2.34. The maximum atomic E-state index is 12.4. The number of nitrogens with zero attached hydrogens (tertiary/aromatic N) is 2. The zero-order chi connectivity index (χ0) is 13.9. The van der Waals surface area contributed by atoms with Crippen molar-refractivity contribution in [1.29, 1.82) is 0 Å². The van der Waals surface area contributed by atoms with Crippen molar-refractivity contribution in [1.82, 2.24) is 10.1 Å². The third kappa shape index (κ3) is 2.52. The molecule has 5 heteroatoms. The van der Waals surface area contributed by atoms with E-state index in [1.807, 2.05) is 48.2 Å². The third-order valence-corrected chi connectivity index (χ3v) is 3.51. The molecule has 20 heavy (non-hydrogen) atoms. The van der Waals surface area contributed by atoms with Crippen LogP contribution in [0.1, 0.15) is 30.3 Å². The highest BCUT2D eigenvalue weighted by atomic mass is 16.5. The van der Waals surface area contributed by atoms with E-state index in [9.17, 15) is 4.79 Å². The average molecular weight is 271 g/mol. The molecule has 2 amide bonds. The minimum atomic E-state index is -0.0900. The quantitative estimate of drug-likeness (QED) is 0.911. The number of benzene rings is 1. The number of carbonyl (C=O) groups is 1. The number of carbonyl (C=O) groups excluding carboxylic acids is 1. The second kappa shape index (κ2) is 5.36. The maximum absolute atomic E-state index is 12.4. The highest BCUT2D eigenvalue weighted by molar-refractivity contribution is 5.89. The number of hydrogen-bond donors (Lipinski definition) is 1. The van der Waals surface area contributed by atoms with E-state index in [2.05, 4.69) is 10.5 Å². The molecule has 1 atom stereocenters. The fraction of sp³-hybridized carbons (Fsp3) is 0.333. The lowest BCUT2D eigenvalue weighted by molar-refractivity contribution is 0.195. The van der Waals surface area contributed by atoms with E-state index < -0.39 is 0 Å². The fourth-order valence-electron chi connectivity index (χ4n) is 2.56. The van der Waals surface area contributed by atoms with Crippen LogP contribution in [0.3, 0.4) is 0 Å². The van der Waals surface area contributed by atoms with E-state index in [1.165, 1.54) is 0 Å². The summed E-state index contributed by atoms with van der Waals surface area (Å²) in [6.45, 7) is 2.62. The van der Waals surface area contributed by atoms with Crippen molar-refractivity contribution in [2.45, 2.75) is 25.8 Å². The van der Waals surface area contributed by atoms with Gasteiger partial charge in [0.05, 0.1) is 11.7 Å². The molecule has 0 aliphatic carbocycles. The number of aromatic nitrogens is 1. The summed E-state index contributed by atoms with van der Waals surface area (Å²) >= 11 is 0. The Labute approximate surface area is 117 Å². The van der Waals surface area contributed by atoms with Crippen molar-refractivity contribution in [3.8, 4) is 0 Å². The Balaban J connectivity index is 1.73. The lowest BCUT2D eigenvalue weighted by atomic mass is 10.1. The lowest BCUT2D eigenvalue weighted by Gasteiger charge is -2.23. The predicted molar refractivity (Wildman–Crippen MR) is 75.4 cm³/mol. The van der Waals surface area contributed by atoms with Gasteiger partial charge in [0.1, 0.15) is 0 Å². The Morgan fingerprint density at radius 1 is 1.40 bits per heavy atom. The number of hydrogen-bond acceptors (Lipinski definition) is 3. The van der Waals surface area contributed by atoms with Crippen LogP contribution in [0.15, 0.2) is 40.9 Å². The second-order valence-corrected chi connectivity index (χ2v) is 5.02.